The number of hydrogen-bond donors (Lipinski definition) is 2. The van der Waals surface area contributed by atoms with Crippen molar-refractivity contribution >= 4 is 61.5 Å². The number of nitrogens with two attached hydrogens (primary N) is 1. The minimum absolute atomic E-state index is 0.567. The number of nitrogens with zero attached hydrogens (tertiary/aromatic N) is 5. The normalized spacial score (nSPS) is 12.6. The van der Waals surface area contributed by atoms with Gasteiger partial charge in [-0.1, -0.05) is 103 Å². The number of benzene rings is 5. The summed E-state index contributed by atoms with van der Waals surface area (Å²) in [6.45, 7) is 0. The predicted molar refractivity (Wildman–Crippen MR) is 209 cm³/mol. The molecule has 7 nitrogen and oxygen atoms in total. The van der Waals surface area contributed by atoms with Crippen LogP contribution in [0.4, 0.5) is 11.4 Å². The van der Waals surface area contributed by atoms with Gasteiger partial charge in [-0.15, -0.1) is 11.3 Å². The molecule has 5 aromatic carbocycles. The van der Waals surface area contributed by atoms with Crippen LogP contribution in [0.1, 0.15) is 16.9 Å². The quantitative estimate of drug-likeness (QED) is 0.189. The number of para-hydroxylation sites is 2. The van der Waals surface area contributed by atoms with E-state index < -0.39 is 0 Å². The Morgan fingerprint density at radius 3 is 1.92 bits per heavy atom. The highest BCUT2D eigenvalue weighted by atomic mass is 32.1. The van der Waals surface area contributed by atoms with Crippen molar-refractivity contribution in [1.82, 2.24) is 24.1 Å². The zero-order valence-corrected chi connectivity index (χ0v) is 28.4. The maximum atomic E-state index is 7.06. The van der Waals surface area contributed by atoms with Crippen molar-refractivity contribution in [2.45, 2.75) is 12.8 Å². The summed E-state index contributed by atoms with van der Waals surface area (Å²) < 4.78 is 4.47. The standard InChI is InChI=1S/C43H31N7S/c44-37-30-18-8-11-21-34(30)49(39(37)40-38(45)31-19-9-12-22-36(31)51-40)28-23-24-35-32(25-28)29-17-7-10-20-33(29)50(35)43-47-41(26-13-3-1-4-14-26)46-42(48-43)27-15-5-2-6-16-27/h1-8,10-18,20-25H,9,19,44-45H2/p+1. The first-order chi connectivity index (χ1) is 25.1. The third kappa shape index (κ3) is 4.65. The van der Waals surface area contributed by atoms with Crippen LogP contribution in [-0.2, 0) is 6.42 Å². The fourth-order valence-corrected chi connectivity index (χ4v) is 8.78. The third-order valence-corrected chi connectivity index (χ3v) is 11.2. The van der Waals surface area contributed by atoms with Gasteiger partial charge < -0.3 is 16.0 Å². The van der Waals surface area contributed by atoms with E-state index in [0.29, 0.717) is 17.6 Å². The second-order valence-corrected chi connectivity index (χ2v) is 13.9. The van der Waals surface area contributed by atoms with Gasteiger partial charge in [-0.3, -0.25) is 4.57 Å². The van der Waals surface area contributed by atoms with Crippen molar-refractivity contribution in [1.29, 1.82) is 0 Å². The molecule has 5 N–H and O–H groups in total. The number of nitrogen functional groups attached to an aromatic ring is 1. The minimum Gasteiger partial charge on any atom is -0.396 e. The molecule has 4 heterocycles. The molecule has 0 saturated heterocycles. The average molecular weight is 679 g/mol. The van der Waals surface area contributed by atoms with Crippen LogP contribution in [0.15, 0.2) is 133 Å². The molecule has 10 rings (SSSR count). The predicted octanol–water partition coefficient (Wildman–Crippen LogP) is 9.39. The molecular weight excluding hydrogens is 647 g/mol. The van der Waals surface area contributed by atoms with E-state index in [0.717, 1.165) is 84.3 Å². The summed E-state index contributed by atoms with van der Waals surface area (Å²) in [6, 6.07) is 43.7. The van der Waals surface area contributed by atoms with Crippen LogP contribution in [0.25, 0.3) is 83.8 Å². The second kappa shape index (κ2) is 11.6. The molecule has 0 bridgehead atoms. The lowest BCUT2D eigenvalue weighted by Gasteiger charge is -2.13. The first-order valence-corrected chi connectivity index (χ1v) is 17.9. The Morgan fingerprint density at radius 2 is 1.24 bits per heavy atom. The van der Waals surface area contributed by atoms with Crippen LogP contribution in [0.2, 0.25) is 0 Å². The van der Waals surface area contributed by atoms with E-state index in [4.69, 9.17) is 20.7 Å². The molecule has 8 heteroatoms. The number of aromatic nitrogens is 5. The molecule has 0 unspecified atom stereocenters. The molecule has 0 amide bonds. The molecule has 244 valence electrons. The maximum Gasteiger partial charge on any atom is 0.238 e. The van der Waals surface area contributed by atoms with Gasteiger partial charge >= 0.3 is 0 Å². The zero-order chi connectivity index (χ0) is 34.1. The molecule has 1 aliphatic carbocycles. The van der Waals surface area contributed by atoms with Crippen LogP contribution in [0.5, 0.6) is 0 Å². The maximum absolute atomic E-state index is 7.06. The number of fused-ring (bicyclic) bond motifs is 5. The average Bonchev–Trinajstić information content (AvgIpc) is 3.81. The summed E-state index contributed by atoms with van der Waals surface area (Å²) in [6.07, 6.45) is 6.52. The highest BCUT2D eigenvalue weighted by Crippen LogP contribution is 2.47. The summed E-state index contributed by atoms with van der Waals surface area (Å²) in [5.74, 6) is 1.81. The van der Waals surface area contributed by atoms with E-state index in [9.17, 15) is 0 Å². The van der Waals surface area contributed by atoms with Crippen molar-refractivity contribution in [2.24, 2.45) is 0 Å². The lowest BCUT2D eigenvalue weighted by molar-refractivity contribution is -0.254. The number of quaternary nitrogens is 1. The molecule has 9 aromatic rings. The molecule has 0 spiro atoms. The molecule has 4 aromatic heterocycles. The first kappa shape index (κ1) is 29.6. The van der Waals surface area contributed by atoms with Gasteiger partial charge in [0.2, 0.25) is 5.95 Å². The molecule has 0 fully saturated rings. The van der Waals surface area contributed by atoms with E-state index in [1.54, 1.807) is 11.3 Å². The Bertz CT molecular complexity index is 2770. The van der Waals surface area contributed by atoms with E-state index >= 15 is 0 Å². The summed E-state index contributed by atoms with van der Waals surface area (Å²) in [5.41, 5.74) is 21.8. The third-order valence-electron chi connectivity index (χ3n) is 9.91. The summed E-state index contributed by atoms with van der Waals surface area (Å²) in [4.78, 5) is 17.5. The molecule has 1 aliphatic rings. The molecule has 0 atom stereocenters. The Labute approximate surface area is 297 Å². The van der Waals surface area contributed by atoms with Gasteiger partial charge in [0.05, 0.1) is 27.9 Å². The number of hydrogen-bond acceptors (Lipinski definition) is 5. The number of thiophene rings is 1. The smallest absolute Gasteiger partial charge is 0.238 e. The van der Waals surface area contributed by atoms with Crippen LogP contribution in [-0.4, -0.2) is 24.1 Å². The second-order valence-electron chi connectivity index (χ2n) is 12.9. The van der Waals surface area contributed by atoms with Gasteiger partial charge in [-0.2, -0.15) is 9.97 Å². The highest BCUT2D eigenvalue weighted by Gasteiger charge is 2.27. The zero-order valence-electron chi connectivity index (χ0n) is 27.6. The Hall–Kier alpha value is -6.35. The van der Waals surface area contributed by atoms with E-state index in [-0.39, 0.29) is 0 Å². The van der Waals surface area contributed by atoms with Crippen molar-refractivity contribution in [3.05, 3.63) is 144 Å². The first-order valence-electron chi connectivity index (χ1n) is 17.1. The van der Waals surface area contributed by atoms with E-state index in [1.807, 2.05) is 60.7 Å². The molecule has 0 saturated carbocycles. The van der Waals surface area contributed by atoms with Gasteiger partial charge in [0.25, 0.3) is 0 Å². The monoisotopic (exact) mass is 678 g/mol. The number of allylic oxidation sites excluding steroid dienone is 1. The molecular formula is C43H32N7S+. The largest absolute Gasteiger partial charge is 0.396 e. The summed E-state index contributed by atoms with van der Waals surface area (Å²) >= 11 is 1.78. The van der Waals surface area contributed by atoms with Gasteiger partial charge in [0, 0.05) is 43.4 Å². The summed E-state index contributed by atoms with van der Waals surface area (Å²) in [7, 11) is 0. The van der Waals surface area contributed by atoms with Gasteiger partial charge in [-0.05, 0) is 49.2 Å². The summed E-state index contributed by atoms with van der Waals surface area (Å²) in [5, 5.41) is 3.23. The fourth-order valence-electron chi connectivity index (χ4n) is 7.51. The fraction of sp³-hybridized carbons (Fsp3) is 0.0465. The lowest BCUT2D eigenvalue weighted by atomic mass is 10.0. The minimum atomic E-state index is 0.567. The van der Waals surface area contributed by atoms with Gasteiger partial charge in [-0.25, -0.2) is 4.98 Å². The number of rotatable bonds is 5. The SMILES string of the molecule is Nc1c(-c2sc3c(c2[NH3+])CCC=C3)n(-c2ccc3c(c2)c2ccccc2n3-c2nc(-c3ccccc3)nc(-c3ccccc3)n2)c2ccccc12. The lowest BCUT2D eigenvalue weighted by Crippen LogP contribution is -2.41. The number of anilines is 1. The molecule has 0 radical (unpaired) electrons. The Balaban J connectivity index is 1.23. The van der Waals surface area contributed by atoms with Crippen LogP contribution >= 0.6 is 11.3 Å². The molecule has 51 heavy (non-hydrogen) atoms. The Morgan fingerprint density at radius 1 is 0.627 bits per heavy atom. The van der Waals surface area contributed by atoms with Crippen molar-refractivity contribution in [3.8, 4) is 45.0 Å². The Kier molecular flexibility index (Phi) is 6.74. The van der Waals surface area contributed by atoms with E-state index in [1.165, 1.54) is 10.4 Å². The highest BCUT2D eigenvalue weighted by molar-refractivity contribution is 7.17. The van der Waals surface area contributed by atoms with Crippen LogP contribution in [0, 0.1) is 0 Å². The van der Waals surface area contributed by atoms with Crippen LogP contribution in [0.3, 0.4) is 0 Å². The molecule has 0 aliphatic heterocycles. The van der Waals surface area contributed by atoms with Crippen molar-refractivity contribution in [3.63, 3.8) is 0 Å². The van der Waals surface area contributed by atoms with E-state index in [2.05, 4.69) is 93.7 Å². The van der Waals surface area contributed by atoms with Gasteiger partial charge in [0.1, 0.15) is 4.88 Å². The van der Waals surface area contributed by atoms with Gasteiger partial charge in [0.15, 0.2) is 17.3 Å². The van der Waals surface area contributed by atoms with Crippen LogP contribution < -0.4 is 11.5 Å². The topological polar surface area (TPSA) is 102 Å². The van der Waals surface area contributed by atoms with Crippen molar-refractivity contribution < 1.29 is 5.73 Å². The van der Waals surface area contributed by atoms with Crippen molar-refractivity contribution in [2.75, 3.05) is 5.73 Å².